The number of carbonyl (C=O) groups is 1. The monoisotopic (exact) mass is 543 g/mol. The van der Waals surface area contributed by atoms with Gasteiger partial charge >= 0.3 is 5.97 Å². The molecule has 2 aliphatic heterocycles. The molecule has 0 fully saturated rings. The van der Waals surface area contributed by atoms with E-state index in [9.17, 15) is 15.3 Å². The number of ether oxygens (including phenoxy) is 2. The highest BCUT2D eigenvalue weighted by molar-refractivity contribution is 7.99. The molecule has 202 valence electrons. The molecule has 8 nitrogen and oxygen atoms in total. The average Bonchev–Trinajstić information content (AvgIpc) is 2.94. The van der Waals surface area contributed by atoms with Crippen molar-refractivity contribution in [3.05, 3.63) is 81.1 Å². The third-order valence-corrected chi connectivity index (χ3v) is 8.19. The van der Waals surface area contributed by atoms with Crippen LogP contribution in [-0.2, 0) is 27.2 Å². The van der Waals surface area contributed by atoms with Crippen LogP contribution in [0, 0.1) is 22.7 Å². The van der Waals surface area contributed by atoms with Gasteiger partial charge in [0.25, 0.3) is 0 Å². The lowest BCUT2D eigenvalue weighted by atomic mass is 9.82. The van der Waals surface area contributed by atoms with E-state index in [1.54, 1.807) is 0 Å². The maximum atomic E-state index is 13.1. The number of nitrogens with two attached hydrogens (primary N) is 1. The topological polar surface area (TPSA) is 125 Å². The standard InChI is InChI=1S/C30H33N5O3S/c1-17(2)19-6-8-20(9-7-19)26-23(14-32)28(33)38-25(27(26)30(36)37-5)16-39-29-21(13-31)12-22-15-35(18(3)4)11-10-24(22)34-29/h6-9,12,17-18,26H,10-11,15-16,33H2,1-5H3. The Morgan fingerprint density at radius 3 is 2.54 bits per heavy atom. The zero-order valence-corrected chi connectivity index (χ0v) is 23.8. The number of hydrogen-bond donors (Lipinski definition) is 1. The van der Waals surface area contributed by atoms with Crippen LogP contribution in [0.1, 0.15) is 67.5 Å². The van der Waals surface area contributed by atoms with Gasteiger partial charge in [-0.25, -0.2) is 9.78 Å². The third-order valence-electron chi connectivity index (χ3n) is 7.19. The highest BCUT2D eigenvalue weighted by Gasteiger charge is 2.37. The Morgan fingerprint density at radius 2 is 1.95 bits per heavy atom. The molecule has 2 aromatic rings. The lowest BCUT2D eigenvalue weighted by Crippen LogP contribution is -2.36. The molecule has 0 aliphatic carbocycles. The van der Waals surface area contributed by atoms with Crippen molar-refractivity contribution in [3.63, 3.8) is 0 Å². The van der Waals surface area contributed by atoms with Crippen LogP contribution in [0.2, 0.25) is 0 Å². The average molecular weight is 544 g/mol. The highest BCUT2D eigenvalue weighted by atomic mass is 32.2. The Morgan fingerprint density at radius 1 is 1.23 bits per heavy atom. The van der Waals surface area contributed by atoms with Crippen LogP contribution in [0.3, 0.4) is 0 Å². The predicted molar refractivity (Wildman–Crippen MR) is 149 cm³/mol. The summed E-state index contributed by atoms with van der Waals surface area (Å²) in [5.74, 6) is -0.581. The third kappa shape index (κ3) is 5.80. The molecule has 2 aliphatic rings. The number of hydrogen-bond acceptors (Lipinski definition) is 9. The van der Waals surface area contributed by atoms with E-state index in [0.29, 0.717) is 22.5 Å². The molecule has 9 heteroatoms. The maximum absolute atomic E-state index is 13.1. The van der Waals surface area contributed by atoms with E-state index < -0.39 is 11.9 Å². The van der Waals surface area contributed by atoms with Gasteiger partial charge < -0.3 is 15.2 Å². The van der Waals surface area contributed by atoms with Gasteiger partial charge in [-0.05, 0) is 42.5 Å². The van der Waals surface area contributed by atoms with Crippen molar-refractivity contribution in [1.82, 2.24) is 9.88 Å². The minimum atomic E-state index is -0.734. The first-order valence-corrected chi connectivity index (χ1v) is 14.0. The number of rotatable bonds is 7. The number of esters is 1. The number of fused-ring (bicyclic) bond motifs is 1. The molecule has 39 heavy (non-hydrogen) atoms. The Balaban J connectivity index is 1.71. The van der Waals surface area contributed by atoms with Gasteiger partial charge in [-0.1, -0.05) is 49.9 Å². The molecule has 1 unspecified atom stereocenters. The molecule has 4 rings (SSSR count). The minimum Gasteiger partial charge on any atom is -0.466 e. The first-order chi connectivity index (χ1) is 18.7. The number of nitriles is 2. The number of aromatic nitrogens is 1. The smallest absolute Gasteiger partial charge is 0.338 e. The second-order valence-electron chi connectivity index (χ2n) is 10.2. The molecule has 1 atom stereocenters. The van der Waals surface area contributed by atoms with Gasteiger partial charge in [0.2, 0.25) is 5.88 Å². The number of benzene rings is 1. The van der Waals surface area contributed by atoms with Crippen molar-refractivity contribution in [1.29, 1.82) is 10.5 Å². The van der Waals surface area contributed by atoms with E-state index in [-0.39, 0.29) is 28.5 Å². The Bertz CT molecular complexity index is 1410. The van der Waals surface area contributed by atoms with Crippen LogP contribution >= 0.6 is 11.8 Å². The van der Waals surface area contributed by atoms with E-state index in [2.05, 4.69) is 44.7 Å². The summed E-state index contributed by atoms with van der Waals surface area (Å²) in [6.45, 7) is 10.2. The molecule has 0 saturated carbocycles. The summed E-state index contributed by atoms with van der Waals surface area (Å²) in [5, 5.41) is 20.4. The number of allylic oxidation sites excluding steroid dienone is 1. The second kappa shape index (κ2) is 11.9. The van der Waals surface area contributed by atoms with Gasteiger partial charge in [0.05, 0.1) is 29.9 Å². The quantitative estimate of drug-likeness (QED) is 0.384. The van der Waals surface area contributed by atoms with E-state index in [0.717, 1.165) is 41.9 Å². The van der Waals surface area contributed by atoms with Gasteiger partial charge in [-0.15, -0.1) is 0 Å². The fourth-order valence-electron chi connectivity index (χ4n) is 4.90. The summed E-state index contributed by atoms with van der Waals surface area (Å²) < 4.78 is 11.0. The van der Waals surface area contributed by atoms with Crippen LogP contribution in [-0.4, -0.2) is 41.3 Å². The minimum absolute atomic E-state index is 0.0497. The summed E-state index contributed by atoms with van der Waals surface area (Å²) in [7, 11) is 1.30. The first kappa shape index (κ1) is 28.2. The summed E-state index contributed by atoms with van der Waals surface area (Å²) in [4.78, 5) is 20.3. The molecule has 3 heterocycles. The molecular formula is C30H33N5O3S. The Labute approximate surface area is 234 Å². The van der Waals surface area contributed by atoms with E-state index >= 15 is 0 Å². The predicted octanol–water partition coefficient (Wildman–Crippen LogP) is 4.87. The molecule has 0 bridgehead atoms. The van der Waals surface area contributed by atoms with Crippen LogP contribution < -0.4 is 5.73 Å². The fourth-order valence-corrected chi connectivity index (χ4v) is 5.82. The molecule has 0 spiro atoms. The largest absolute Gasteiger partial charge is 0.466 e. The summed E-state index contributed by atoms with van der Waals surface area (Å²) in [6, 6.07) is 14.5. The van der Waals surface area contributed by atoms with Crippen LogP contribution in [0.5, 0.6) is 0 Å². The Kier molecular flexibility index (Phi) is 8.64. The van der Waals surface area contributed by atoms with Gasteiger partial charge in [0.15, 0.2) is 0 Å². The van der Waals surface area contributed by atoms with Crippen molar-refractivity contribution >= 4 is 17.7 Å². The molecule has 1 aromatic heterocycles. The van der Waals surface area contributed by atoms with Gasteiger partial charge in [0, 0.05) is 31.2 Å². The molecule has 0 amide bonds. The molecule has 0 radical (unpaired) electrons. The highest BCUT2D eigenvalue weighted by Crippen LogP contribution is 2.41. The van der Waals surface area contributed by atoms with Crippen molar-refractivity contribution in [2.75, 3.05) is 19.4 Å². The summed E-state index contributed by atoms with van der Waals surface area (Å²) in [5.41, 5.74) is 11.0. The maximum Gasteiger partial charge on any atom is 0.338 e. The lowest BCUT2D eigenvalue weighted by molar-refractivity contribution is -0.136. The summed E-state index contributed by atoms with van der Waals surface area (Å²) >= 11 is 1.31. The van der Waals surface area contributed by atoms with Gasteiger partial charge in [-0.2, -0.15) is 10.5 Å². The molecule has 2 N–H and O–H groups in total. The first-order valence-electron chi connectivity index (χ1n) is 13.0. The van der Waals surface area contributed by atoms with Gasteiger partial charge in [0.1, 0.15) is 28.5 Å². The zero-order chi connectivity index (χ0) is 28.3. The molecule has 0 saturated heterocycles. The van der Waals surface area contributed by atoms with Crippen LogP contribution in [0.15, 0.2) is 58.1 Å². The SMILES string of the molecule is COC(=O)C1=C(CSc2nc3c(cc2C#N)CN(C(C)C)CC3)OC(N)=C(C#N)C1c1ccc(C(C)C)cc1. The zero-order valence-electron chi connectivity index (χ0n) is 22.9. The normalized spacial score (nSPS) is 17.5. The number of pyridine rings is 1. The number of nitrogens with zero attached hydrogens (tertiary/aromatic N) is 4. The van der Waals surface area contributed by atoms with Crippen molar-refractivity contribution in [2.45, 2.75) is 63.6 Å². The van der Waals surface area contributed by atoms with Crippen molar-refractivity contribution in [3.8, 4) is 12.1 Å². The number of methoxy groups -OCH3 is 1. The molecule has 1 aromatic carbocycles. The van der Waals surface area contributed by atoms with E-state index in [1.807, 2.05) is 30.3 Å². The van der Waals surface area contributed by atoms with Crippen molar-refractivity contribution < 1.29 is 14.3 Å². The Hall–Kier alpha value is -3.79. The van der Waals surface area contributed by atoms with E-state index in [1.165, 1.54) is 18.9 Å². The summed E-state index contributed by atoms with van der Waals surface area (Å²) in [6.07, 6.45) is 0.801. The fraction of sp³-hybridized carbons (Fsp3) is 0.400. The number of thioether (sulfide) groups is 1. The lowest BCUT2D eigenvalue weighted by Gasteiger charge is -2.31. The number of carbonyl (C=O) groups excluding carboxylic acids is 1. The molecular weight excluding hydrogens is 510 g/mol. The van der Waals surface area contributed by atoms with Crippen molar-refractivity contribution in [2.24, 2.45) is 5.73 Å². The van der Waals surface area contributed by atoms with Crippen LogP contribution in [0.25, 0.3) is 0 Å². The second-order valence-corrected chi connectivity index (χ2v) is 11.2. The van der Waals surface area contributed by atoms with E-state index in [4.69, 9.17) is 20.2 Å². The van der Waals surface area contributed by atoms with Crippen LogP contribution in [0.4, 0.5) is 0 Å². The van der Waals surface area contributed by atoms with Gasteiger partial charge in [-0.3, -0.25) is 4.90 Å².